The molecule has 1 aromatic heterocycles. The molecule has 3 rings (SSSR count). The van der Waals surface area contributed by atoms with E-state index in [9.17, 15) is 8.42 Å². The van der Waals surface area contributed by atoms with Gasteiger partial charge in [0.2, 0.25) is 10.0 Å². The van der Waals surface area contributed by atoms with E-state index in [1.165, 1.54) is 4.31 Å². The Bertz CT molecular complexity index is 893. The van der Waals surface area contributed by atoms with Gasteiger partial charge in [-0.05, 0) is 45.8 Å². The lowest BCUT2D eigenvalue weighted by Crippen LogP contribution is -2.30. The second-order valence-electron chi connectivity index (χ2n) is 5.27. The van der Waals surface area contributed by atoms with Gasteiger partial charge in [0.05, 0.1) is 17.7 Å². The summed E-state index contributed by atoms with van der Waals surface area (Å²) in [5.41, 5.74) is 0.916. The molecule has 0 bridgehead atoms. The Kier molecular flexibility index (Phi) is 5.18. The molecule has 0 saturated carbocycles. The van der Waals surface area contributed by atoms with E-state index < -0.39 is 10.0 Å². The van der Waals surface area contributed by atoms with Crippen molar-refractivity contribution in [1.82, 2.24) is 4.31 Å². The molecule has 0 N–H and O–H groups in total. The molecule has 0 amide bonds. The molecule has 2 aromatic carbocycles. The number of sulfonamides is 1. The van der Waals surface area contributed by atoms with Gasteiger partial charge in [-0.2, -0.15) is 4.31 Å². The summed E-state index contributed by atoms with van der Waals surface area (Å²) in [6.45, 7) is 0.441. The maximum Gasteiger partial charge on any atom is 0.244 e. The first kappa shape index (κ1) is 17.0. The fraction of sp³-hybridized carbons (Fsp3) is 0.111. The van der Waals surface area contributed by atoms with Crippen LogP contribution in [0, 0.1) is 0 Å². The van der Waals surface area contributed by atoms with Gasteiger partial charge in [-0.25, -0.2) is 8.42 Å². The van der Waals surface area contributed by atoms with Crippen molar-refractivity contribution >= 4 is 26.0 Å². The first-order valence-electron chi connectivity index (χ1n) is 7.38. The number of hydrogen-bond acceptors (Lipinski definition) is 3. The highest BCUT2D eigenvalue weighted by molar-refractivity contribution is 9.10. The van der Waals surface area contributed by atoms with Crippen molar-refractivity contribution in [2.45, 2.75) is 18.0 Å². The van der Waals surface area contributed by atoms with Crippen molar-refractivity contribution in [3.8, 4) is 0 Å². The minimum absolute atomic E-state index is 0.172. The van der Waals surface area contributed by atoms with Crippen molar-refractivity contribution in [2.75, 3.05) is 0 Å². The minimum atomic E-state index is -3.68. The smallest absolute Gasteiger partial charge is 0.244 e. The molecular formula is C18H16BrNO3S. The predicted octanol–water partition coefficient (Wildman–Crippen LogP) is 4.43. The van der Waals surface area contributed by atoms with E-state index in [1.54, 1.807) is 42.7 Å². The third-order valence-corrected chi connectivity index (χ3v) is 6.37. The van der Waals surface area contributed by atoms with Crippen LogP contribution in [0.4, 0.5) is 0 Å². The normalized spacial score (nSPS) is 11.8. The molecule has 0 aliphatic heterocycles. The summed E-state index contributed by atoms with van der Waals surface area (Å²) in [5, 5.41) is 0. The summed E-state index contributed by atoms with van der Waals surface area (Å²) in [6.07, 6.45) is 1.54. The van der Waals surface area contributed by atoms with Crippen LogP contribution >= 0.6 is 15.9 Å². The average Bonchev–Trinajstić information content (AvgIpc) is 3.08. The van der Waals surface area contributed by atoms with Gasteiger partial charge in [0, 0.05) is 11.0 Å². The van der Waals surface area contributed by atoms with Gasteiger partial charge in [0.15, 0.2) is 0 Å². The van der Waals surface area contributed by atoms with E-state index in [0.29, 0.717) is 10.2 Å². The topological polar surface area (TPSA) is 50.5 Å². The van der Waals surface area contributed by atoms with Gasteiger partial charge in [-0.3, -0.25) is 0 Å². The van der Waals surface area contributed by atoms with E-state index in [-0.39, 0.29) is 18.0 Å². The van der Waals surface area contributed by atoms with Crippen LogP contribution in [0.3, 0.4) is 0 Å². The maximum atomic E-state index is 13.1. The standard InChI is InChI=1S/C18H16BrNO3S/c19-17-10-4-5-11-18(17)24(21,22)20(14-16-9-6-12-23-16)13-15-7-2-1-3-8-15/h1-12H,13-14H2. The summed E-state index contributed by atoms with van der Waals surface area (Å²) in [4.78, 5) is 0.243. The van der Waals surface area contributed by atoms with Crippen molar-refractivity contribution in [3.63, 3.8) is 0 Å². The summed E-state index contributed by atoms with van der Waals surface area (Å²) in [5.74, 6) is 0.599. The van der Waals surface area contributed by atoms with Crippen LogP contribution in [0.25, 0.3) is 0 Å². The zero-order valence-corrected chi connectivity index (χ0v) is 15.2. The minimum Gasteiger partial charge on any atom is -0.468 e. The van der Waals surface area contributed by atoms with Crippen molar-refractivity contribution < 1.29 is 12.8 Å². The van der Waals surface area contributed by atoms with E-state index in [0.717, 1.165) is 5.56 Å². The number of halogens is 1. The number of hydrogen-bond donors (Lipinski definition) is 0. The predicted molar refractivity (Wildman–Crippen MR) is 95.7 cm³/mol. The monoisotopic (exact) mass is 405 g/mol. The van der Waals surface area contributed by atoms with Gasteiger partial charge >= 0.3 is 0 Å². The Morgan fingerprint density at radius 2 is 1.58 bits per heavy atom. The van der Waals surface area contributed by atoms with Gasteiger partial charge in [0.1, 0.15) is 5.76 Å². The van der Waals surface area contributed by atoms with Crippen molar-refractivity contribution in [3.05, 3.63) is 88.8 Å². The quantitative estimate of drug-likeness (QED) is 0.609. The van der Waals surface area contributed by atoms with Gasteiger partial charge in [0.25, 0.3) is 0 Å². The number of nitrogens with zero attached hydrogens (tertiary/aromatic N) is 1. The van der Waals surface area contributed by atoms with Gasteiger partial charge in [-0.15, -0.1) is 0 Å². The summed E-state index contributed by atoms with van der Waals surface area (Å²) < 4.78 is 33.6. The molecule has 0 aliphatic carbocycles. The van der Waals surface area contributed by atoms with E-state index >= 15 is 0 Å². The van der Waals surface area contributed by atoms with Crippen molar-refractivity contribution in [1.29, 1.82) is 0 Å². The fourth-order valence-corrected chi connectivity index (χ4v) is 4.74. The molecule has 24 heavy (non-hydrogen) atoms. The Balaban J connectivity index is 1.98. The highest BCUT2D eigenvalue weighted by Crippen LogP contribution is 2.27. The molecule has 124 valence electrons. The second-order valence-corrected chi connectivity index (χ2v) is 8.03. The Morgan fingerprint density at radius 3 is 2.25 bits per heavy atom. The zero-order valence-electron chi connectivity index (χ0n) is 12.8. The molecule has 0 spiro atoms. The first-order valence-corrected chi connectivity index (χ1v) is 9.61. The molecule has 1 heterocycles. The lowest BCUT2D eigenvalue weighted by Gasteiger charge is -2.22. The SMILES string of the molecule is O=S(=O)(c1ccccc1Br)N(Cc1ccccc1)Cc1ccco1. The van der Waals surface area contributed by atoms with Gasteiger partial charge in [-0.1, -0.05) is 42.5 Å². The van der Waals surface area contributed by atoms with E-state index in [1.807, 2.05) is 30.3 Å². The van der Waals surface area contributed by atoms with Crippen molar-refractivity contribution in [2.24, 2.45) is 0 Å². The highest BCUT2D eigenvalue weighted by atomic mass is 79.9. The summed E-state index contributed by atoms with van der Waals surface area (Å²) >= 11 is 3.33. The molecule has 0 saturated heterocycles. The summed E-state index contributed by atoms with van der Waals surface area (Å²) in [7, 11) is -3.68. The highest BCUT2D eigenvalue weighted by Gasteiger charge is 2.27. The molecule has 3 aromatic rings. The Hall–Kier alpha value is -1.89. The fourth-order valence-electron chi connectivity index (χ4n) is 2.38. The Labute approximate surface area is 149 Å². The maximum absolute atomic E-state index is 13.1. The molecule has 0 unspecified atom stereocenters. The number of furan rings is 1. The average molecular weight is 406 g/mol. The molecule has 0 fully saturated rings. The Morgan fingerprint density at radius 1 is 0.875 bits per heavy atom. The largest absolute Gasteiger partial charge is 0.468 e. The lowest BCUT2D eigenvalue weighted by molar-refractivity contribution is 0.358. The molecular weight excluding hydrogens is 390 g/mol. The van der Waals surface area contributed by atoms with Crippen LogP contribution in [-0.4, -0.2) is 12.7 Å². The first-order chi connectivity index (χ1) is 11.6. The van der Waals surface area contributed by atoms with Crippen LogP contribution in [-0.2, 0) is 23.1 Å². The lowest BCUT2D eigenvalue weighted by atomic mass is 10.2. The van der Waals surface area contributed by atoms with Crippen LogP contribution in [0.15, 0.2) is 86.8 Å². The summed E-state index contributed by atoms with van der Waals surface area (Å²) in [6, 6.07) is 19.9. The molecule has 6 heteroatoms. The molecule has 0 atom stereocenters. The van der Waals surface area contributed by atoms with E-state index in [2.05, 4.69) is 15.9 Å². The third kappa shape index (κ3) is 3.77. The zero-order chi connectivity index (χ0) is 17.0. The van der Waals surface area contributed by atoms with Crippen LogP contribution in [0.1, 0.15) is 11.3 Å². The van der Waals surface area contributed by atoms with Gasteiger partial charge < -0.3 is 4.42 Å². The molecule has 0 radical (unpaired) electrons. The molecule has 4 nitrogen and oxygen atoms in total. The molecule has 0 aliphatic rings. The van der Waals surface area contributed by atoms with Crippen LogP contribution < -0.4 is 0 Å². The van der Waals surface area contributed by atoms with Crippen LogP contribution in [0.2, 0.25) is 0 Å². The number of benzene rings is 2. The second kappa shape index (κ2) is 7.34. The van der Waals surface area contributed by atoms with Crippen LogP contribution in [0.5, 0.6) is 0 Å². The number of rotatable bonds is 6. The van der Waals surface area contributed by atoms with E-state index in [4.69, 9.17) is 4.42 Å². The third-order valence-electron chi connectivity index (χ3n) is 3.57.